The predicted octanol–water partition coefficient (Wildman–Crippen LogP) is 0.150. The van der Waals surface area contributed by atoms with E-state index in [2.05, 4.69) is 0 Å². The van der Waals surface area contributed by atoms with Crippen molar-refractivity contribution in [1.29, 1.82) is 0 Å². The Morgan fingerprint density at radius 1 is 1.00 bits per heavy atom. The van der Waals surface area contributed by atoms with Crippen molar-refractivity contribution in [2.24, 2.45) is 0 Å². The highest BCUT2D eigenvalue weighted by Gasteiger charge is 2.45. The van der Waals surface area contributed by atoms with E-state index in [0.717, 1.165) is 0 Å². The Morgan fingerprint density at radius 3 is 2.33 bits per heavy atom. The molecular formula is C20H22O10. The van der Waals surface area contributed by atoms with Crippen LogP contribution >= 0.6 is 0 Å². The van der Waals surface area contributed by atoms with Crippen LogP contribution < -0.4 is 9.47 Å². The molecule has 1 saturated heterocycles. The molecule has 5 atom stereocenters. The number of carbonyl (C=O) groups is 1. The third kappa shape index (κ3) is 4.74. The van der Waals surface area contributed by atoms with Crippen LogP contribution in [0.25, 0.3) is 0 Å². The van der Waals surface area contributed by atoms with Gasteiger partial charge in [-0.1, -0.05) is 0 Å². The Morgan fingerprint density at radius 2 is 1.70 bits per heavy atom. The number of hydrogen-bond acceptors (Lipinski definition) is 10. The molecule has 0 aromatic heterocycles. The van der Waals surface area contributed by atoms with Crippen LogP contribution in [0, 0.1) is 0 Å². The van der Waals surface area contributed by atoms with E-state index in [1.54, 1.807) is 0 Å². The van der Waals surface area contributed by atoms with Crippen molar-refractivity contribution >= 4 is 5.97 Å². The van der Waals surface area contributed by atoms with Crippen LogP contribution in [-0.4, -0.2) is 75.9 Å². The molecular weight excluding hydrogens is 400 g/mol. The fraction of sp³-hybridized carbons (Fsp3) is 0.350. The second-order valence-corrected chi connectivity index (χ2v) is 6.61. The fourth-order valence-electron chi connectivity index (χ4n) is 2.87. The summed E-state index contributed by atoms with van der Waals surface area (Å²) in [6, 6.07) is 9.46. The molecule has 3 rings (SSSR count). The SMILES string of the molecule is COc1ccc(O[C@@H]2O[C@H](COC(=O)c3ccc(O)cc3)[C@@H](O)[C@H](O)[C@H]2O)cc1O. The molecule has 1 aliphatic rings. The minimum atomic E-state index is -1.63. The van der Waals surface area contributed by atoms with E-state index in [1.807, 2.05) is 0 Å². The van der Waals surface area contributed by atoms with Crippen molar-refractivity contribution in [2.45, 2.75) is 30.7 Å². The molecule has 30 heavy (non-hydrogen) atoms. The highest BCUT2D eigenvalue weighted by molar-refractivity contribution is 5.89. The maximum Gasteiger partial charge on any atom is 0.338 e. The number of rotatable bonds is 6. The number of benzene rings is 2. The molecule has 162 valence electrons. The van der Waals surface area contributed by atoms with Crippen molar-refractivity contribution in [1.82, 2.24) is 0 Å². The summed E-state index contributed by atoms with van der Waals surface area (Å²) in [6.07, 6.45) is -7.38. The molecule has 2 aromatic rings. The van der Waals surface area contributed by atoms with Crippen LogP contribution in [0.4, 0.5) is 0 Å². The molecule has 1 heterocycles. The Bertz CT molecular complexity index is 868. The fourth-order valence-corrected chi connectivity index (χ4v) is 2.87. The van der Waals surface area contributed by atoms with Gasteiger partial charge in [0.1, 0.15) is 42.5 Å². The number of ether oxygens (including phenoxy) is 4. The van der Waals surface area contributed by atoms with Crippen molar-refractivity contribution in [3.05, 3.63) is 48.0 Å². The third-order valence-electron chi connectivity index (χ3n) is 4.55. The number of aliphatic hydroxyl groups is 3. The van der Waals surface area contributed by atoms with E-state index in [9.17, 15) is 30.3 Å². The van der Waals surface area contributed by atoms with Crippen LogP contribution in [-0.2, 0) is 9.47 Å². The first-order valence-corrected chi connectivity index (χ1v) is 8.99. The standard InChI is InChI=1S/C20H22O10/c1-27-14-7-6-12(8-13(14)22)29-20-18(25)17(24)16(23)15(30-20)9-28-19(26)10-2-4-11(21)5-3-10/h2-8,15-18,20-25H,9H2,1H3/t15-,16-,17+,18-,20-/m1/s1. The number of aliphatic hydroxyl groups excluding tert-OH is 3. The monoisotopic (exact) mass is 422 g/mol. The van der Waals surface area contributed by atoms with E-state index in [1.165, 1.54) is 49.6 Å². The minimum absolute atomic E-state index is 0.0146. The molecule has 10 nitrogen and oxygen atoms in total. The van der Waals surface area contributed by atoms with Gasteiger partial charge in [-0.2, -0.15) is 0 Å². The second kappa shape index (κ2) is 9.18. The van der Waals surface area contributed by atoms with Gasteiger partial charge in [0.25, 0.3) is 0 Å². The minimum Gasteiger partial charge on any atom is -0.508 e. The Hall–Kier alpha value is -3.05. The lowest BCUT2D eigenvalue weighted by Gasteiger charge is -2.39. The molecule has 0 amide bonds. The van der Waals surface area contributed by atoms with Gasteiger partial charge < -0.3 is 44.5 Å². The van der Waals surface area contributed by atoms with Crippen molar-refractivity contribution < 1.29 is 49.3 Å². The van der Waals surface area contributed by atoms with Gasteiger partial charge in [0.05, 0.1) is 12.7 Å². The zero-order valence-electron chi connectivity index (χ0n) is 15.9. The molecule has 1 aliphatic heterocycles. The average molecular weight is 422 g/mol. The average Bonchev–Trinajstić information content (AvgIpc) is 2.73. The van der Waals surface area contributed by atoms with E-state index >= 15 is 0 Å². The number of phenols is 2. The third-order valence-corrected chi connectivity index (χ3v) is 4.55. The molecule has 0 saturated carbocycles. The van der Waals surface area contributed by atoms with Gasteiger partial charge in [-0.05, 0) is 36.4 Å². The summed E-state index contributed by atoms with van der Waals surface area (Å²) in [4.78, 5) is 12.1. The normalized spacial score (nSPS) is 26.1. The van der Waals surface area contributed by atoms with Crippen LogP contribution in [0.1, 0.15) is 10.4 Å². The highest BCUT2D eigenvalue weighted by Crippen LogP contribution is 2.32. The molecule has 0 bridgehead atoms. The molecule has 0 unspecified atom stereocenters. The van der Waals surface area contributed by atoms with Crippen molar-refractivity contribution in [2.75, 3.05) is 13.7 Å². The number of methoxy groups -OCH3 is 1. The van der Waals surface area contributed by atoms with E-state index in [4.69, 9.17) is 18.9 Å². The van der Waals surface area contributed by atoms with Gasteiger partial charge in [-0.25, -0.2) is 4.79 Å². The molecule has 5 N–H and O–H groups in total. The molecule has 0 radical (unpaired) electrons. The first-order valence-electron chi connectivity index (χ1n) is 8.99. The number of esters is 1. The summed E-state index contributed by atoms with van der Waals surface area (Å²) in [6.45, 7) is -0.432. The van der Waals surface area contributed by atoms with Gasteiger partial charge in [0, 0.05) is 6.07 Å². The summed E-state index contributed by atoms with van der Waals surface area (Å²) in [5.41, 5.74) is 0.167. The van der Waals surface area contributed by atoms with Gasteiger partial charge in [0.2, 0.25) is 6.29 Å². The number of aromatic hydroxyl groups is 2. The lowest BCUT2D eigenvalue weighted by molar-refractivity contribution is -0.277. The van der Waals surface area contributed by atoms with Crippen LogP contribution in [0.2, 0.25) is 0 Å². The Kier molecular flexibility index (Phi) is 6.63. The van der Waals surface area contributed by atoms with Gasteiger partial charge in [-0.3, -0.25) is 0 Å². The largest absolute Gasteiger partial charge is 0.508 e. The quantitative estimate of drug-likeness (QED) is 0.406. The first-order chi connectivity index (χ1) is 14.3. The summed E-state index contributed by atoms with van der Waals surface area (Å²) < 4.78 is 21.0. The van der Waals surface area contributed by atoms with E-state index in [0.29, 0.717) is 0 Å². The maximum atomic E-state index is 12.1. The molecule has 10 heteroatoms. The van der Waals surface area contributed by atoms with Gasteiger partial charge >= 0.3 is 5.97 Å². The maximum absolute atomic E-state index is 12.1. The molecule has 0 spiro atoms. The van der Waals surface area contributed by atoms with Crippen LogP contribution in [0.5, 0.6) is 23.0 Å². The number of carbonyl (C=O) groups excluding carboxylic acids is 1. The molecule has 2 aromatic carbocycles. The Labute approximate surface area is 171 Å². The zero-order chi connectivity index (χ0) is 21.8. The van der Waals surface area contributed by atoms with Crippen molar-refractivity contribution in [3.8, 4) is 23.0 Å². The van der Waals surface area contributed by atoms with E-state index in [-0.39, 0.29) is 28.6 Å². The zero-order valence-corrected chi connectivity index (χ0v) is 15.9. The van der Waals surface area contributed by atoms with Crippen LogP contribution in [0.15, 0.2) is 42.5 Å². The second-order valence-electron chi connectivity index (χ2n) is 6.61. The predicted molar refractivity (Wildman–Crippen MR) is 100 cm³/mol. The highest BCUT2D eigenvalue weighted by atomic mass is 16.7. The lowest BCUT2D eigenvalue weighted by Crippen LogP contribution is -2.60. The van der Waals surface area contributed by atoms with E-state index < -0.39 is 43.3 Å². The molecule has 1 fully saturated rings. The first kappa shape index (κ1) is 21.7. The number of phenolic OH excluding ortho intramolecular Hbond substituents is 2. The summed E-state index contributed by atoms with van der Waals surface area (Å²) in [5.74, 6) is -0.633. The topological polar surface area (TPSA) is 155 Å². The smallest absolute Gasteiger partial charge is 0.338 e. The van der Waals surface area contributed by atoms with Crippen molar-refractivity contribution in [3.63, 3.8) is 0 Å². The van der Waals surface area contributed by atoms with Crippen LogP contribution in [0.3, 0.4) is 0 Å². The summed E-state index contributed by atoms with van der Waals surface area (Å²) >= 11 is 0. The van der Waals surface area contributed by atoms with Gasteiger partial charge in [0.15, 0.2) is 11.5 Å². The summed E-state index contributed by atoms with van der Waals surface area (Å²) in [5, 5.41) is 49.5. The summed E-state index contributed by atoms with van der Waals surface area (Å²) in [7, 11) is 1.38. The lowest BCUT2D eigenvalue weighted by atomic mass is 9.99. The number of hydrogen-bond donors (Lipinski definition) is 5. The van der Waals surface area contributed by atoms with Gasteiger partial charge in [-0.15, -0.1) is 0 Å². The Balaban J connectivity index is 1.65. The molecule has 0 aliphatic carbocycles.